The van der Waals surface area contributed by atoms with Gasteiger partial charge in [-0.05, 0) is 22.7 Å². The van der Waals surface area contributed by atoms with E-state index in [9.17, 15) is 10.1 Å². The van der Waals surface area contributed by atoms with Gasteiger partial charge in [0.1, 0.15) is 0 Å². The van der Waals surface area contributed by atoms with E-state index in [0.29, 0.717) is 17.7 Å². The van der Waals surface area contributed by atoms with E-state index in [1.807, 2.05) is 0 Å². The van der Waals surface area contributed by atoms with Crippen LogP contribution in [0.15, 0.2) is 0 Å². The number of hydrogen-bond donors (Lipinski definition) is 1. The lowest BCUT2D eigenvalue weighted by Gasteiger charge is -2.23. The SMILES string of the molecule is Cc1nc([N+](=O)[O-])c(NC2CCCCC2)n1C. The number of hydrogen-bond acceptors (Lipinski definition) is 4. The highest BCUT2D eigenvalue weighted by atomic mass is 16.6. The molecule has 0 unspecified atom stereocenters. The second-order valence-electron chi connectivity index (χ2n) is 4.63. The van der Waals surface area contributed by atoms with Crippen molar-refractivity contribution in [3.05, 3.63) is 15.9 Å². The van der Waals surface area contributed by atoms with Gasteiger partial charge in [-0.15, -0.1) is 0 Å². The smallest absolute Gasteiger partial charge is 0.362 e. The monoisotopic (exact) mass is 238 g/mol. The Hall–Kier alpha value is -1.59. The molecule has 94 valence electrons. The van der Waals surface area contributed by atoms with Crippen molar-refractivity contribution in [1.82, 2.24) is 9.55 Å². The highest BCUT2D eigenvalue weighted by Crippen LogP contribution is 2.28. The third-order valence-electron chi connectivity index (χ3n) is 3.42. The van der Waals surface area contributed by atoms with E-state index < -0.39 is 4.92 Å². The molecule has 0 radical (unpaired) electrons. The van der Waals surface area contributed by atoms with E-state index in [2.05, 4.69) is 10.3 Å². The predicted molar refractivity (Wildman–Crippen MR) is 65.1 cm³/mol. The molecule has 17 heavy (non-hydrogen) atoms. The molecular formula is C11H18N4O2. The second kappa shape index (κ2) is 4.73. The molecule has 6 heteroatoms. The topological polar surface area (TPSA) is 73.0 Å². The van der Waals surface area contributed by atoms with Crippen LogP contribution in [0, 0.1) is 17.0 Å². The Morgan fingerprint density at radius 1 is 1.41 bits per heavy atom. The molecule has 1 heterocycles. The fourth-order valence-electron chi connectivity index (χ4n) is 2.32. The maximum Gasteiger partial charge on any atom is 0.406 e. The van der Waals surface area contributed by atoms with Crippen LogP contribution in [0.25, 0.3) is 0 Å². The van der Waals surface area contributed by atoms with Gasteiger partial charge in [0.15, 0.2) is 0 Å². The van der Waals surface area contributed by atoms with Gasteiger partial charge in [0.05, 0.1) is 0 Å². The Bertz CT molecular complexity index is 421. The van der Waals surface area contributed by atoms with E-state index in [4.69, 9.17) is 0 Å². The number of aryl methyl sites for hydroxylation is 1. The summed E-state index contributed by atoms with van der Waals surface area (Å²) in [5.74, 6) is 1.14. The van der Waals surface area contributed by atoms with Crippen molar-refractivity contribution in [2.24, 2.45) is 7.05 Å². The Kier molecular flexibility index (Phi) is 3.31. The van der Waals surface area contributed by atoms with Crippen LogP contribution in [0.1, 0.15) is 37.9 Å². The van der Waals surface area contributed by atoms with Gasteiger partial charge in [-0.25, -0.2) is 0 Å². The molecule has 0 aliphatic heterocycles. The van der Waals surface area contributed by atoms with E-state index in [-0.39, 0.29) is 5.82 Å². The van der Waals surface area contributed by atoms with Crippen LogP contribution in [0.3, 0.4) is 0 Å². The normalized spacial score (nSPS) is 17.1. The largest absolute Gasteiger partial charge is 0.406 e. The van der Waals surface area contributed by atoms with Gasteiger partial charge in [-0.2, -0.15) is 0 Å². The maximum absolute atomic E-state index is 10.9. The first-order chi connectivity index (χ1) is 8.09. The summed E-state index contributed by atoms with van der Waals surface area (Å²) in [6, 6.07) is 0.345. The average molecular weight is 238 g/mol. The van der Waals surface area contributed by atoms with E-state index in [0.717, 1.165) is 12.8 Å². The first-order valence-electron chi connectivity index (χ1n) is 6.04. The van der Waals surface area contributed by atoms with Crippen molar-refractivity contribution in [2.45, 2.75) is 45.1 Å². The summed E-state index contributed by atoms with van der Waals surface area (Å²) >= 11 is 0. The quantitative estimate of drug-likeness (QED) is 0.648. The molecule has 0 aromatic carbocycles. The molecule has 2 rings (SSSR count). The first kappa shape index (κ1) is 11.9. The molecule has 1 aromatic heterocycles. The number of anilines is 1. The molecule has 1 saturated carbocycles. The zero-order chi connectivity index (χ0) is 12.4. The average Bonchev–Trinajstić information content (AvgIpc) is 2.59. The van der Waals surface area contributed by atoms with Crippen LogP contribution in [0.4, 0.5) is 11.6 Å². The Balaban J connectivity index is 2.21. The number of imidazole rings is 1. The summed E-state index contributed by atoms with van der Waals surface area (Å²) in [5, 5.41) is 14.2. The van der Waals surface area contributed by atoms with Crippen LogP contribution < -0.4 is 5.32 Å². The fraction of sp³-hybridized carbons (Fsp3) is 0.727. The molecule has 0 saturated heterocycles. The van der Waals surface area contributed by atoms with Crippen LogP contribution in [-0.4, -0.2) is 20.5 Å². The standard InChI is InChI=1S/C11H18N4O2/c1-8-12-11(15(16)17)10(14(8)2)13-9-6-4-3-5-7-9/h9,13H,3-7H2,1-2H3. The predicted octanol–water partition coefficient (Wildman–Crippen LogP) is 2.38. The summed E-state index contributed by atoms with van der Waals surface area (Å²) in [6.45, 7) is 1.78. The Morgan fingerprint density at radius 3 is 2.65 bits per heavy atom. The molecule has 0 spiro atoms. The summed E-state index contributed by atoms with van der Waals surface area (Å²) in [6.07, 6.45) is 5.83. The van der Waals surface area contributed by atoms with Crippen LogP contribution >= 0.6 is 0 Å². The highest BCUT2D eigenvalue weighted by molar-refractivity contribution is 5.54. The summed E-state index contributed by atoms with van der Waals surface area (Å²) in [4.78, 5) is 14.5. The summed E-state index contributed by atoms with van der Waals surface area (Å²) in [5.41, 5.74) is 0. The lowest BCUT2D eigenvalue weighted by atomic mass is 9.95. The minimum Gasteiger partial charge on any atom is -0.362 e. The van der Waals surface area contributed by atoms with Gasteiger partial charge >= 0.3 is 5.82 Å². The molecule has 1 aliphatic rings. The first-order valence-corrected chi connectivity index (χ1v) is 6.04. The molecule has 0 amide bonds. The number of nitro groups is 1. The van der Waals surface area contributed by atoms with E-state index in [1.165, 1.54) is 19.3 Å². The zero-order valence-electron chi connectivity index (χ0n) is 10.3. The number of nitrogens with zero attached hydrogens (tertiary/aromatic N) is 3. The van der Waals surface area contributed by atoms with Crippen molar-refractivity contribution >= 4 is 11.6 Å². The zero-order valence-corrected chi connectivity index (χ0v) is 10.3. The number of aromatic nitrogens is 2. The molecule has 1 fully saturated rings. The van der Waals surface area contributed by atoms with Crippen molar-refractivity contribution in [2.75, 3.05) is 5.32 Å². The van der Waals surface area contributed by atoms with Gasteiger partial charge in [0.25, 0.3) is 0 Å². The lowest BCUT2D eigenvalue weighted by molar-refractivity contribution is -0.388. The lowest BCUT2D eigenvalue weighted by Crippen LogP contribution is -2.24. The van der Waals surface area contributed by atoms with Crippen molar-refractivity contribution in [3.8, 4) is 0 Å². The van der Waals surface area contributed by atoms with Gasteiger partial charge in [0, 0.05) is 20.0 Å². The highest BCUT2D eigenvalue weighted by Gasteiger charge is 2.26. The number of rotatable bonds is 3. The van der Waals surface area contributed by atoms with Gasteiger partial charge < -0.3 is 15.4 Å². The van der Waals surface area contributed by atoms with Crippen LogP contribution in [-0.2, 0) is 7.05 Å². The third-order valence-corrected chi connectivity index (χ3v) is 3.42. The minimum atomic E-state index is -0.418. The molecule has 1 aliphatic carbocycles. The molecule has 6 nitrogen and oxygen atoms in total. The van der Waals surface area contributed by atoms with Crippen molar-refractivity contribution in [3.63, 3.8) is 0 Å². The third kappa shape index (κ3) is 2.40. The van der Waals surface area contributed by atoms with Crippen molar-refractivity contribution in [1.29, 1.82) is 0 Å². The summed E-state index contributed by atoms with van der Waals surface area (Å²) in [7, 11) is 1.81. The van der Waals surface area contributed by atoms with Gasteiger partial charge in [-0.3, -0.25) is 4.57 Å². The summed E-state index contributed by atoms with van der Waals surface area (Å²) < 4.78 is 1.76. The van der Waals surface area contributed by atoms with E-state index >= 15 is 0 Å². The molecular weight excluding hydrogens is 220 g/mol. The van der Waals surface area contributed by atoms with Gasteiger partial charge in [-0.1, -0.05) is 19.3 Å². The van der Waals surface area contributed by atoms with Crippen LogP contribution in [0.2, 0.25) is 0 Å². The molecule has 1 N–H and O–H groups in total. The Labute approximate surface area is 100 Å². The molecule has 0 atom stereocenters. The molecule has 0 bridgehead atoms. The minimum absolute atomic E-state index is 0.0597. The maximum atomic E-state index is 10.9. The fourth-order valence-corrected chi connectivity index (χ4v) is 2.32. The van der Waals surface area contributed by atoms with E-state index in [1.54, 1.807) is 18.5 Å². The van der Waals surface area contributed by atoms with Crippen LogP contribution in [0.5, 0.6) is 0 Å². The molecule has 1 aromatic rings. The van der Waals surface area contributed by atoms with Crippen molar-refractivity contribution < 1.29 is 4.92 Å². The Morgan fingerprint density at radius 2 is 2.06 bits per heavy atom. The second-order valence-corrected chi connectivity index (χ2v) is 4.63. The van der Waals surface area contributed by atoms with Gasteiger partial charge in [0.2, 0.25) is 11.6 Å². The number of nitrogens with one attached hydrogen (secondary N) is 1.